The molecular weight excluding hydrogens is 814 g/mol. The zero-order chi connectivity index (χ0) is 46.5. The van der Waals surface area contributed by atoms with Gasteiger partial charge in [0.1, 0.15) is 13.2 Å². The number of hydrogen-bond acceptors (Lipinski definition) is 9. The number of nitrogens with one attached hydrogen (secondary N) is 1. The van der Waals surface area contributed by atoms with E-state index in [9.17, 15) is 14.2 Å². The number of rotatable bonds is 44. The van der Waals surface area contributed by atoms with Gasteiger partial charge in [0.15, 0.2) is 6.10 Å². The van der Waals surface area contributed by atoms with Crippen LogP contribution in [0.1, 0.15) is 195 Å². The topological polar surface area (TPSA) is 119 Å². The molecule has 0 aromatic heterocycles. The Hall–Kier alpha value is -2.91. The van der Waals surface area contributed by atoms with E-state index in [1.807, 2.05) is 26.8 Å². The van der Waals surface area contributed by atoms with E-state index < -0.39 is 31.5 Å². The second kappa shape index (κ2) is 43.0. The van der Waals surface area contributed by atoms with Gasteiger partial charge in [-0.1, -0.05) is 193 Å². The van der Waals surface area contributed by atoms with Crippen LogP contribution in [0.4, 0.5) is 4.79 Å². The highest BCUT2D eigenvalue weighted by Crippen LogP contribution is 2.52. The number of unbranched alkanes of at least 4 members (excludes halogenated alkanes) is 19. The van der Waals surface area contributed by atoms with Crippen LogP contribution in [0.3, 0.4) is 0 Å². The lowest BCUT2D eigenvalue weighted by Gasteiger charge is -2.31. The Bertz CT molecular complexity index is 1290. The largest absolute Gasteiger partial charge is 0.498 e. The molecule has 11 heteroatoms. The van der Waals surface area contributed by atoms with Gasteiger partial charge in [0.25, 0.3) is 0 Å². The van der Waals surface area contributed by atoms with Crippen molar-refractivity contribution in [1.82, 2.24) is 5.32 Å². The molecule has 0 aliphatic rings. The van der Waals surface area contributed by atoms with Crippen molar-refractivity contribution in [2.75, 3.05) is 33.0 Å². The van der Waals surface area contributed by atoms with Gasteiger partial charge in [-0.3, -0.25) is 18.4 Å². The fraction of sp³-hybridized carbons (Fsp3) is 0.731. The molecule has 63 heavy (non-hydrogen) atoms. The molecule has 2 unspecified atom stereocenters. The number of esters is 1. The molecule has 10 nitrogen and oxygen atoms in total. The van der Waals surface area contributed by atoms with Gasteiger partial charge in [0.05, 0.1) is 25.6 Å². The number of phosphoric acid groups is 1. The van der Waals surface area contributed by atoms with Crippen molar-refractivity contribution in [3.63, 3.8) is 0 Å². The van der Waals surface area contributed by atoms with Gasteiger partial charge in [-0.05, 0) is 62.9 Å². The Balaban J connectivity index is 5.07. The molecule has 0 aliphatic heterocycles. The molecule has 0 aromatic carbocycles. The van der Waals surface area contributed by atoms with E-state index in [-0.39, 0.29) is 45.4 Å². The summed E-state index contributed by atoms with van der Waals surface area (Å²) < 4.78 is 48.0. The summed E-state index contributed by atoms with van der Waals surface area (Å²) in [6.07, 6.45) is 46.2. The Kier molecular flexibility index (Phi) is 41.0. The van der Waals surface area contributed by atoms with Crippen LogP contribution in [-0.2, 0) is 37.1 Å². The van der Waals surface area contributed by atoms with E-state index in [0.717, 1.165) is 64.2 Å². The number of carbonyl (C=O) groups excluding carboxylic acids is 2. The standard InChI is InChI=1S/C52H92NO9P/c1-8-12-14-16-18-20-22-24-26-28-30-32-34-36-38-40-44-57-46-48(61-50(54)41-39-37-35-33-31-29-27-25-23-21-19-17-15-13-9-2)47-60-63(56,62-49(11-4)52(5,6)7)59-45-42-53-51(55)58-43-10-3/h10-11,13,15,19,21,25,27,40,44,48-49H,3-4,8-9,12,14,16-18,20,22-24,26,28-39,41-43,45-47H2,1-2,5-7H3,(H,53,55)/b15-13-,21-19-,27-25-,44-40-/t48-,49?,63?/m1/s1. The Morgan fingerprint density at radius 1 is 0.667 bits per heavy atom. The van der Waals surface area contributed by atoms with Crippen molar-refractivity contribution in [2.45, 2.75) is 207 Å². The van der Waals surface area contributed by atoms with Crippen LogP contribution >= 0.6 is 7.82 Å². The van der Waals surface area contributed by atoms with Crippen LogP contribution in [0.5, 0.6) is 0 Å². The van der Waals surface area contributed by atoms with E-state index in [4.69, 9.17) is 27.8 Å². The highest BCUT2D eigenvalue weighted by atomic mass is 31.2. The van der Waals surface area contributed by atoms with E-state index >= 15 is 0 Å². The first-order valence-electron chi connectivity index (χ1n) is 24.6. The zero-order valence-electron chi connectivity index (χ0n) is 40.7. The van der Waals surface area contributed by atoms with Crippen molar-refractivity contribution >= 4 is 19.9 Å². The van der Waals surface area contributed by atoms with Crippen LogP contribution in [0.2, 0.25) is 0 Å². The molecule has 0 aliphatic carbocycles. The molecular formula is C52H92NO9P. The summed E-state index contributed by atoms with van der Waals surface area (Å²) in [5.74, 6) is -0.377. The molecule has 0 saturated heterocycles. The molecule has 0 fully saturated rings. The van der Waals surface area contributed by atoms with Crippen molar-refractivity contribution in [1.29, 1.82) is 0 Å². The van der Waals surface area contributed by atoms with E-state index in [2.05, 4.69) is 68.8 Å². The maximum atomic E-state index is 14.0. The van der Waals surface area contributed by atoms with E-state index in [0.29, 0.717) is 6.42 Å². The average Bonchev–Trinajstić information content (AvgIpc) is 3.26. The second-order valence-electron chi connectivity index (χ2n) is 17.3. The lowest BCUT2D eigenvalue weighted by molar-refractivity contribution is -0.153. The van der Waals surface area contributed by atoms with Gasteiger partial charge in [-0.15, -0.1) is 6.58 Å². The van der Waals surface area contributed by atoms with Gasteiger partial charge in [0, 0.05) is 13.0 Å². The normalized spacial score (nSPS) is 14.0. The Morgan fingerprint density at radius 3 is 1.76 bits per heavy atom. The smallest absolute Gasteiger partial charge is 0.475 e. The summed E-state index contributed by atoms with van der Waals surface area (Å²) in [6.45, 7) is 17.1. The monoisotopic (exact) mass is 906 g/mol. The average molecular weight is 906 g/mol. The predicted molar refractivity (Wildman–Crippen MR) is 263 cm³/mol. The highest BCUT2D eigenvalue weighted by Gasteiger charge is 2.36. The van der Waals surface area contributed by atoms with Crippen molar-refractivity contribution < 1.29 is 41.9 Å². The number of ether oxygens (including phenoxy) is 3. The maximum absolute atomic E-state index is 14.0. The van der Waals surface area contributed by atoms with Gasteiger partial charge >= 0.3 is 19.9 Å². The molecule has 0 bridgehead atoms. The lowest BCUT2D eigenvalue weighted by Crippen LogP contribution is -2.31. The predicted octanol–water partition coefficient (Wildman–Crippen LogP) is 15.6. The molecule has 0 aromatic rings. The third-order valence-electron chi connectivity index (χ3n) is 10.2. The number of alkyl carbamates (subject to hydrolysis) is 1. The first kappa shape index (κ1) is 60.1. The van der Waals surface area contributed by atoms with Crippen LogP contribution in [0, 0.1) is 5.41 Å². The molecule has 3 atom stereocenters. The molecule has 364 valence electrons. The van der Waals surface area contributed by atoms with Crippen LogP contribution in [-0.4, -0.2) is 57.2 Å². The summed E-state index contributed by atoms with van der Waals surface area (Å²) >= 11 is 0. The van der Waals surface area contributed by atoms with Gasteiger partial charge in [-0.2, -0.15) is 0 Å². The first-order chi connectivity index (χ1) is 30.5. The number of phosphoric ester groups is 1. The SMILES string of the molecule is C=CCOC(=O)NCCOP(=O)(OC[C@@H](CO/C=C\CCCCCCCCCCCCCCCC)OC(=O)CCCCCCC/C=C\C/C=C\C/C=C\CC)OC(C=C)C(C)(C)C. The zero-order valence-corrected chi connectivity index (χ0v) is 41.6. The minimum absolute atomic E-state index is 0.00104. The molecule has 0 radical (unpaired) electrons. The summed E-state index contributed by atoms with van der Waals surface area (Å²) in [5.41, 5.74) is -0.483. The molecule has 1 amide bonds. The number of hydrogen-bond donors (Lipinski definition) is 1. The van der Waals surface area contributed by atoms with Crippen molar-refractivity contribution in [3.05, 3.63) is 74.1 Å². The highest BCUT2D eigenvalue weighted by molar-refractivity contribution is 7.48. The minimum atomic E-state index is -4.25. The third-order valence-corrected chi connectivity index (χ3v) is 11.7. The fourth-order valence-electron chi connectivity index (χ4n) is 6.47. The maximum Gasteiger partial charge on any atom is 0.475 e. The fourth-order valence-corrected chi connectivity index (χ4v) is 8.01. The number of allylic oxidation sites excluding steroid dienone is 7. The van der Waals surface area contributed by atoms with Crippen LogP contribution in [0.15, 0.2) is 74.1 Å². The van der Waals surface area contributed by atoms with Gasteiger partial charge in [0.2, 0.25) is 0 Å². The van der Waals surface area contributed by atoms with Crippen molar-refractivity contribution in [3.8, 4) is 0 Å². The summed E-state index contributed by atoms with van der Waals surface area (Å²) in [7, 11) is -4.25. The lowest BCUT2D eigenvalue weighted by atomic mass is 9.89. The first-order valence-corrected chi connectivity index (χ1v) is 26.1. The molecule has 1 N–H and O–H groups in total. The van der Waals surface area contributed by atoms with Gasteiger partial charge < -0.3 is 19.5 Å². The molecule has 0 spiro atoms. The molecule has 0 saturated carbocycles. The van der Waals surface area contributed by atoms with Crippen LogP contribution < -0.4 is 5.32 Å². The van der Waals surface area contributed by atoms with Crippen molar-refractivity contribution in [2.24, 2.45) is 5.41 Å². The van der Waals surface area contributed by atoms with Crippen LogP contribution in [0.25, 0.3) is 0 Å². The molecule has 0 heterocycles. The third kappa shape index (κ3) is 40.3. The Morgan fingerprint density at radius 2 is 1.21 bits per heavy atom. The number of amides is 1. The summed E-state index contributed by atoms with van der Waals surface area (Å²) in [4.78, 5) is 24.9. The molecule has 0 rings (SSSR count). The van der Waals surface area contributed by atoms with E-state index in [1.165, 1.54) is 95.6 Å². The minimum Gasteiger partial charge on any atom is -0.498 e. The summed E-state index contributed by atoms with van der Waals surface area (Å²) in [5, 5.41) is 2.52. The summed E-state index contributed by atoms with van der Waals surface area (Å²) in [6, 6.07) is 0. The number of carbonyl (C=O) groups is 2. The second-order valence-corrected chi connectivity index (χ2v) is 18.9. The van der Waals surface area contributed by atoms with Gasteiger partial charge in [-0.25, -0.2) is 9.36 Å². The Labute approximate surface area is 385 Å². The quantitative estimate of drug-likeness (QED) is 0.0210. The van der Waals surface area contributed by atoms with E-state index in [1.54, 1.807) is 6.26 Å².